The van der Waals surface area contributed by atoms with Gasteiger partial charge in [0.15, 0.2) is 5.82 Å². The largest absolute Gasteiger partial charge is 0.372 e. The number of aromatic amines is 1. The second-order valence-electron chi connectivity index (χ2n) is 1.67. The number of ether oxygens (including phenoxy) is 1. The van der Waals surface area contributed by atoms with Crippen LogP contribution >= 0.6 is 0 Å². The number of nitrogens with one attached hydrogen (secondary N) is 1. The van der Waals surface area contributed by atoms with Gasteiger partial charge < -0.3 is 10.5 Å². The van der Waals surface area contributed by atoms with Crippen LogP contribution in [-0.2, 0) is 11.3 Å². The summed E-state index contributed by atoms with van der Waals surface area (Å²) in [6, 6.07) is 0. The first-order valence-corrected chi connectivity index (χ1v) is 2.93. The van der Waals surface area contributed by atoms with E-state index in [1.54, 1.807) is 0 Å². The zero-order valence-corrected chi connectivity index (χ0v) is 5.45. The Hall–Kier alpha value is -1.01. The molecular formula is C4H9N5O. The van der Waals surface area contributed by atoms with Crippen LogP contribution in [0.25, 0.3) is 0 Å². The highest BCUT2D eigenvalue weighted by Crippen LogP contribution is 1.85. The van der Waals surface area contributed by atoms with E-state index >= 15 is 0 Å². The molecule has 0 aliphatic rings. The van der Waals surface area contributed by atoms with E-state index in [0.717, 1.165) is 0 Å². The van der Waals surface area contributed by atoms with Gasteiger partial charge in [-0.15, -0.1) is 10.2 Å². The van der Waals surface area contributed by atoms with Crippen molar-refractivity contribution < 1.29 is 4.74 Å². The average molecular weight is 143 g/mol. The Labute approximate surface area is 57.8 Å². The van der Waals surface area contributed by atoms with Gasteiger partial charge in [-0.2, -0.15) is 5.21 Å². The van der Waals surface area contributed by atoms with Gasteiger partial charge in [-0.3, -0.25) is 0 Å². The molecule has 0 fully saturated rings. The maximum Gasteiger partial charge on any atom is 0.200 e. The van der Waals surface area contributed by atoms with Crippen LogP contribution in [0.15, 0.2) is 0 Å². The molecule has 0 radical (unpaired) electrons. The van der Waals surface area contributed by atoms with Gasteiger partial charge in [0, 0.05) is 6.54 Å². The topological polar surface area (TPSA) is 89.7 Å². The Morgan fingerprint density at radius 1 is 1.60 bits per heavy atom. The first-order valence-electron chi connectivity index (χ1n) is 2.93. The number of hydrogen-bond donors (Lipinski definition) is 2. The molecule has 0 aliphatic carbocycles. The summed E-state index contributed by atoms with van der Waals surface area (Å²) in [5.41, 5.74) is 5.18. The van der Waals surface area contributed by atoms with Crippen molar-refractivity contribution in [2.24, 2.45) is 5.73 Å². The SMILES string of the molecule is NCCOCc1nn[nH]n1. The third kappa shape index (κ3) is 2.08. The molecule has 1 aromatic heterocycles. The summed E-state index contributed by atoms with van der Waals surface area (Å²) >= 11 is 0. The lowest BCUT2D eigenvalue weighted by Gasteiger charge is -1.94. The van der Waals surface area contributed by atoms with E-state index in [9.17, 15) is 0 Å². The lowest BCUT2D eigenvalue weighted by Crippen LogP contribution is -2.08. The Bertz CT molecular complexity index is 162. The standard InChI is InChI=1S/C4H9N5O/c5-1-2-10-3-4-6-8-9-7-4/h1-3,5H2,(H,6,7,8,9). The first kappa shape index (κ1) is 7.10. The van der Waals surface area contributed by atoms with Crippen molar-refractivity contribution >= 4 is 0 Å². The third-order valence-corrected chi connectivity index (χ3v) is 0.883. The van der Waals surface area contributed by atoms with Crippen LogP contribution in [0, 0.1) is 0 Å². The quantitative estimate of drug-likeness (QED) is 0.510. The summed E-state index contributed by atoms with van der Waals surface area (Å²) in [7, 11) is 0. The minimum Gasteiger partial charge on any atom is -0.372 e. The fourth-order valence-corrected chi connectivity index (χ4v) is 0.490. The van der Waals surface area contributed by atoms with Crippen molar-refractivity contribution in [2.45, 2.75) is 6.61 Å². The minimum atomic E-state index is 0.369. The molecule has 0 saturated carbocycles. The van der Waals surface area contributed by atoms with E-state index in [1.807, 2.05) is 0 Å². The molecule has 10 heavy (non-hydrogen) atoms. The van der Waals surface area contributed by atoms with E-state index in [1.165, 1.54) is 0 Å². The number of nitrogens with zero attached hydrogens (tertiary/aromatic N) is 3. The fourth-order valence-electron chi connectivity index (χ4n) is 0.490. The minimum absolute atomic E-state index is 0.369. The highest BCUT2D eigenvalue weighted by Gasteiger charge is 1.95. The highest BCUT2D eigenvalue weighted by atomic mass is 16.5. The van der Waals surface area contributed by atoms with Crippen molar-refractivity contribution in [3.05, 3.63) is 5.82 Å². The molecule has 0 unspecified atom stereocenters. The molecule has 1 rings (SSSR count). The molecule has 0 saturated heterocycles. The van der Waals surface area contributed by atoms with Gasteiger partial charge in [0.25, 0.3) is 0 Å². The van der Waals surface area contributed by atoms with E-state index < -0.39 is 0 Å². The summed E-state index contributed by atoms with van der Waals surface area (Å²) in [5.74, 6) is 0.549. The van der Waals surface area contributed by atoms with Crippen molar-refractivity contribution in [3.63, 3.8) is 0 Å². The van der Waals surface area contributed by atoms with Gasteiger partial charge >= 0.3 is 0 Å². The number of H-pyrrole nitrogens is 1. The molecule has 56 valence electrons. The van der Waals surface area contributed by atoms with Crippen LogP contribution < -0.4 is 5.73 Å². The van der Waals surface area contributed by atoms with Gasteiger partial charge in [-0.25, -0.2) is 0 Å². The summed E-state index contributed by atoms with van der Waals surface area (Å²) in [4.78, 5) is 0. The number of hydrogen-bond acceptors (Lipinski definition) is 5. The molecule has 0 spiro atoms. The monoisotopic (exact) mass is 143 g/mol. The average Bonchev–Trinajstić information content (AvgIpc) is 2.41. The van der Waals surface area contributed by atoms with Crippen LogP contribution in [0.1, 0.15) is 5.82 Å². The van der Waals surface area contributed by atoms with Crippen LogP contribution in [0.2, 0.25) is 0 Å². The maximum absolute atomic E-state index is 5.18. The number of rotatable bonds is 4. The van der Waals surface area contributed by atoms with E-state index in [0.29, 0.717) is 25.6 Å². The van der Waals surface area contributed by atoms with E-state index in [4.69, 9.17) is 10.5 Å². The molecule has 6 nitrogen and oxygen atoms in total. The summed E-state index contributed by atoms with van der Waals surface area (Å²) in [6.07, 6.45) is 0. The Balaban J connectivity index is 2.15. The Kier molecular flexibility index (Phi) is 2.78. The van der Waals surface area contributed by atoms with Crippen molar-refractivity contribution in [2.75, 3.05) is 13.2 Å². The molecule has 1 aromatic rings. The summed E-state index contributed by atoms with van der Waals surface area (Å²) in [6.45, 7) is 1.40. The smallest absolute Gasteiger partial charge is 0.200 e. The van der Waals surface area contributed by atoms with Crippen LogP contribution in [0.4, 0.5) is 0 Å². The first-order chi connectivity index (χ1) is 4.93. The van der Waals surface area contributed by atoms with Gasteiger partial charge in [0.1, 0.15) is 6.61 Å². The van der Waals surface area contributed by atoms with Crippen molar-refractivity contribution in [1.29, 1.82) is 0 Å². The fraction of sp³-hybridized carbons (Fsp3) is 0.750. The van der Waals surface area contributed by atoms with Crippen molar-refractivity contribution in [3.8, 4) is 0 Å². The van der Waals surface area contributed by atoms with Crippen LogP contribution in [0.5, 0.6) is 0 Å². The van der Waals surface area contributed by atoms with Crippen LogP contribution in [0.3, 0.4) is 0 Å². The molecular weight excluding hydrogens is 134 g/mol. The van der Waals surface area contributed by atoms with Gasteiger partial charge in [0.05, 0.1) is 6.61 Å². The second kappa shape index (κ2) is 3.91. The predicted octanol–water partition coefficient (Wildman–Crippen LogP) is -1.33. The molecule has 3 N–H and O–H groups in total. The van der Waals surface area contributed by atoms with Gasteiger partial charge in [0.2, 0.25) is 0 Å². The molecule has 0 atom stereocenters. The molecule has 0 aliphatic heterocycles. The molecule has 0 amide bonds. The Morgan fingerprint density at radius 3 is 3.10 bits per heavy atom. The third-order valence-electron chi connectivity index (χ3n) is 0.883. The van der Waals surface area contributed by atoms with E-state index in [-0.39, 0.29) is 0 Å². The summed E-state index contributed by atoms with van der Waals surface area (Å²) < 4.78 is 5.02. The van der Waals surface area contributed by atoms with Crippen LogP contribution in [-0.4, -0.2) is 33.8 Å². The molecule has 1 heterocycles. The molecule has 6 heteroatoms. The predicted molar refractivity (Wildman–Crippen MR) is 32.9 cm³/mol. The second-order valence-corrected chi connectivity index (χ2v) is 1.67. The number of nitrogens with two attached hydrogens (primary N) is 1. The Morgan fingerprint density at radius 2 is 2.50 bits per heavy atom. The van der Waals surface area contributed by atoms with Crippen molar-refractivity contribution in [1.82, 2.24) is 20.6 Å². The molecule has 0 aromatic carbocycles. The summed E-state index contributed by atoms with van der Waals surface area (Å²) in [5, 5.41) is 13.0. The molecule has 0 bridgehead atoms. The van der Waals surface area contributed by atoms with Gasteiger partial charge in [-0.1, -0.05) is 5.21 Å². The zero-order chi connectivity index (χ0) is 7.23. The zero-order valence-electron chi connectivity index (χ0n) is 5.45. The highest BCUT2D eigenvalue weighted by molar-refractivity contribution is 4.69. The normalized spacial score (nSPS) is 10.1. The van der Waals surface area contributed by atoms with Gasteiger partial charge in [-0.05, 0) is 0 Å². The lowest BCUT2D eigenvalue weighted by molar-refractivity contribution is 0.122. The maximum atomic E-state index is 5.18. The van der Waals surface area contributed by atoms with E-state index in [2.05, 4.69) is 20.6 Å². The number of tetrazole rings is 1. The lowest BCUT2D eigenvalue weighted by atomic mass is 10.6. The number of aromatic nitrogens is 4.